The van der Waals surface area contributed by atoms with Crippen molar-refractivity contribution in [1.29, 1.82) is 0 Å². The SMILES string of the molecule is CC1CC2CC3CC(C1)C3C2. The van der Waals surface area contributed by atoms with E-state index in [1.54, 1.807) is 32.1 Å². The van der Waals surface area contributed by atoms with Crippen molar-refractivity contribution < 1.29 is 0 Å². The zero-order chi connectivity index (χ0) is 7.42. The van der Waals surface area contributed by atoms with Crippen LogP contribution >= 0.6 is 0 Å². The van der Waals surface area contributed by atoms with Crippen LogP contribution in [-0.2, 0) is 0 Å². The Morgan fingerprint density at radius 3 is 2.55 bits per heavy atom. The van der Waals surface area contributed by atoms with Crippen molar-refractivity contribution in [3.8, 4) is 0 Å². The molecule has 0 N–H and O–H groups in total. The Morgan fingerprint density at radius 2 is 1.64 bits per heavy atom. The van der Waals surface area contributed by atoms with Gasteiger partial charge in [0.25, 0.3) is 0 Å². The average Bonchev–Trinajstić information content (AvgIpc) is 2.14. The Bertz CT molecular complexity index is 167. The summed E-state index contributed by atoms with van der Waals surface area (Å²) in [5.74, 6) is 5.76. The van der Waals surface area contributed by atoms with Crippen LogP contribution in [0, 0.1) is 29.6 Å². The van der Waals surface area contributed by atoms with E-state index in [0.29, 0.717) is 0 Å². The summed E-state index contributed by atoms with van der Waals surface area (Å²) in [5, 5.41) is 0. The van der Waals surface area contributed by atoms with E-state index < -0.39 is 0 Å². The lowest BCUT2D eigenvalue weighted by Crippen LogP contribution is -2.33. The maximum absolute atomic E-state index is 2.47. The fourth-order valence-electron chi connectivity index (χ4n) is 4.14. The quantitative estimate of drug-likeness (QED) is 0.498. The highest BCUT2D eigenvalue weighted by molar-refractivity contribution is 4.99. The highest BCUT2D eigenvalue weighted by Crippen LogP contribution is 2.59. The molecule has 0 aromatic heterocycles. The lowest BCUT2D eigenvalue weighted by atomic mass is 9.63. The van der Waals surface area contributed by atoms with Crippen molar-refractivity contribution >= 4 is 0 Å². The molecule has 0 spiro atoms. The number of rotatable bonds is 0. The molecule has 3 aliphatic carbocycles. The number of hydrogen-bond acceptors (Lipinski definition) is 0. The minimum Gasteiger partial charge on any atom is -0.0625 e. The van der Waals surface area contributed by atoms with Crippen LogP contribution < -0.4 is 0 Å². The van der Waals surface area contributed by atoms with E-state index in [2.05, 4.69) is 6.92 Å². The van der Waals surface area contributed by atoms with Gasteiger partial charge in [0.2, 0.25) is 0 Å². The van der Waals surface area contributed by atoms with Crippen molar-refractivity contribution in [3.05, 3.63) is 0 Å². The Kier molecular flexibility index (Phi) is 1.20. The van der Waals surface area contributed by atoms with Gasteiger partial charge in [-0.1, -0.05) is 6.92 Å². The van der Waals surface area contributed by atoms with Crippen LogP contribution in [0.25, 0.3) is 0 Å². The van der Waals surface area contributed by atoms with Crippen molar-refractivity contribution in [1.82, 2.24) is 0 Å². The molecule has 3 saturated carbocycles. The van der Waals surface area contributed by atoms with E-state index in [9.17, 15) is 0 Å². The largest absolute Gasteiger partial charge is 0.0625 e. The van der Waals surface area contributed by atoms with Crippen LogP contribution in [0.5, 0.6) is 0 Å². The first kappa shape index (κ1) is 6.51. The molecule has 2 bridgehead atoms. The van der Waals surface area contributed by atoms with Gasteiger partial charge in [-0.05, 0) is 61.7 Å². The highest BCUT2D eigenvalue weighted by Gasteiger charge is 2.49. The number of hydrogen-bond donors (Lipinski definition) is 0. The van der Waals surface area contributed by atoms with Gasteiger partial charge in [0.1, 0.15) is 0 Å². The van der Waals surface area contributed by atoms with Gasteiger partial charge in [-0.15, -0.1) is 0 Å². The van der Waals surface area contributed by atoms with Crippen LogP contribution in [-0.4, -0.2) is 0 Å². The standard InChI is InChI=1S/C11H18/c1-7-2-8-4-10-6-9(3-7)11(10)5-8/h7-11H,2-6H2,1H3. The molecule has 3 aliphatic rings. The van der Waals surface area contributed by atoms with Gasteiger partial charge in [0.15, 0.2) is 0 Å². The van der Waals surface area contributed by atoms with Crippen LogP contribution in [0.3, 0.4) is 0 Å². The maximum atomic E-state index is 2.47. The van der Waals surface area contributed by atoms with E-state index in [4.69, 9.17) is 0 Å². The van der Waals surface area contributed by atoms with Gasteiger partial charge in [0.05, 0.1) is 0 Å². The molecular formula is C11H18. The predicted octanol–water partition coefficient (Wildman–Crippen LogP) is 3.08. The lowest BCUT2D eigenvalue weighted by molar-refractivity contribution is 0.0792. The van der Waals surface area contributed by atoms with Gasteiger partial charge in [-0.25, -0.2) is 0 Å². The summed E-state index contributed by atoms with van der Waals surface area (Å²) in [7, 11) is 0. The van der Waals surface area contributed by atoms with E-state index >= 15 is 0 Å². The fourth-order valence-corrected chi connectivity index (χ4v) is 4.14. The van der Waals surface area contributed by atoms with Crippen molar-refractivity contribution in [2.24, 2.45) is 29.6 Å². The molecule has 0 saturated heterocycles. The summed E-state index contributed by atoms with van der Waals surface area (Å²) in [6.07, 6.45) is 7.94. The second kappa shape index (κ2) is 2.02. The molecule has 0 aromatic carbocycles. The molecule has 0 heteroatoms. The average molecular weight is 150 g/mol. The Balaban J connectivity index is 1.85. The molecule has 0 aromatic rings. The summed E-state index contributed by atoms with van der Waals surface area (Å²) in [5.41, 5.74) is 0. The van der Waals surface area contributed by atoms with E-state index in [1.165, 1.54) is 17.8 Å². The molecule has 5 unspecified atom stereocenters. The highest BCUT2D eigenvalue weighted by atomic mass is 14.5. The van der Waals surface area contributed by atoms with Crippen LogP contribution in [0.15, 0.2) is 0 Å². The summed E-state index contributed by atoms with van der Waals surface area (Å²) in [6.45, 7) is 2.47. The third kappa shape index (κ3) is 0.816. The Hall–Kier alpha value is 0. The molecule has 5 atom stereocenters. The van der Waals surface area contributed by atoms with Crippen molar-refractivity contribution in [2.75, 3.05) is 0 Å². The molecule has 11 heavy (non-hydrogen) atoms. The minimum absolute atomic E-state index is 1.05. The molecule has 0 amide bonds. The molecule has 3 fully saturated rings. The summed E-state index contributed by atoms with van der Waals surface area (Å²) in [4.78, 5) is 0. The molecular weight excluding hydrogens is 132 g/mol. The second-order valence-corrected chi connectivity index (χ2v) is 5.33. The van der Waals surface area contributed by atoms with Gasteiger partial charge in [0, 0.05) is 0 Å². The Morgan fingerprint density at radius 1 is 0.818 bits per heavy atom. The first-order valence-electron chi connectivity index (χ1n) is 5.33. The molecule has 0 heterocycles. The topological polar surface area (TPSA) is 0 Å². The van der Waals surface area contributed by atoms with Gasteiger partial charge >= 0.3 is 0 Å². The normalized spacial score (nSPS) is 60.3. The Labute approximate surface area is 69.4 Å². The summed E-state index contributed by atoms with van der Waals surface area (Å²) in [6, 6.07) is 0. The fraction of sp³-hybridized carbons (Fsp3) is 1.00. The molecule has 0 aliphatic heterocycles. The zero-order valence-electron chi connectivity index (χ0n) is 7.42. The zero-order valence-corrected chi connectivity index (χ0v) is 7.42. The monoisotopic (exact) mass is 150 g/mol. The lowest BCUT2D eigenvalue weighted by Gasteiger charge is -2.42. The summed E-state index contributed by atoms with van der Waals surface area (Å²) >= 11 is 0. The van der Waals surface area contributed by atoms with Crippen LogP contribution in [0.4, 0.5) is 0 Å². The maximum Gasteiger partial charge on any atom is -0.0354 e. The van der Waals surface area contributed by atoms with Gasteiger partial charge in [-0.2, -0.15) is 0 Å². The summed E-state index contributed by atoms with van der Waals surface area (Å²) < 4.78 is 0. The number of fused-ring (bicyclic) bond motifs is 1. The van der Waals surface area contributed by atoms with E-state index in [1.807, 2.05) is 0 Å². The van der Waals surface area contributed by atoms with Crippen molar-refractivity contribution in [2.45, 2.75) is 39.0 Å². The molecule has 62 valence electrons. The van der Waals surface area contributed by atoms with Crippen LogP contribution in [0.2, 0.25) is 0 Å². The first-order chi connectivity index (χ1) is 5.33. The smallest absolute Gasteiger partial charge is 0.0354 e. The van der Waals surface area contributed by atoms with Gasteiger partial charge < -0.3 is 0 Å². The molecule has 0 radical (unpaired) electrons. The molecule has 0 nitrogen and oxygen atoms in total. The first-order valence-corrected chi connectivity index (χ1v) is 5.33. The third-order valence-electron chi connectivity index (χ3n) is 4.50. The second-order valence-electron chi connectivity index (χ2n) is 5.33. The van der Waals surface area contributed by atoms with E-state index in [-0.39, 0.29) is 0 Å². The predicted molar refractivity (Wildman–Crippen MR) is 46.2 cm³/mol. The minimum atomic E-state index is 1.05. The third-order valence-corrected chi connectivity index (χ3v) is 4.50. The van der Waals surface area contributed by atoms with Crippen LogP contribution in [0.1, 0.15) is 39.0 Å². The molecule has 3 rings (SSSR count). The van der Waals surface area contributed by atoms with Gasteiger partial charge in [-0.3, -0.25) is 0 Å². The van der Waals surface area contributed by atoms with Crippen molar-refractivity contribution in [3.63, 3.8) is 0 Å². The van der Waals surface area contributed by atoms with E-state index in [0.717, 1.165) is 11.8 Å².